The molecule has 0 fully saturated rings. The zero-order chi connectivity index (χ0) is 22.3. The molecule has 0 spiro atoms. The molecule has 0 bridgehead atoms. The van der Waals surface area contributed by atoms with E-state index in [9.17, 15) is 0 Å². The maximum absolute atomic E-state index is 4.82. The summed E-state index contributed by atoms with van der Waals surface area (Å²) in [6.07, 6.45) is 7.42. The van der Waals surface area contributed by atoms with Crippen molar-refractivity contribution < 1.29 is 0 Å². The molecular formula is C28H28N4. The number of allylic oxidation sites excluding steroid dienone is 1. The monoisotopic (exact) mass is 420 g/mol. The van der Waals surface area contributed by atoms with Gasteiger partial charge in [-0.15, -0.1) is 0 Å². The van der Waals surface area contributed by atoms with Crippen molar-refractivity contribution in [2.45, 2.75) is 19.8 Å². The Hall–Kier alpha value is -3.92. The van der Waals surface area contributed by atoms with Gasteiger partial charge < -0.3 is 10.6 Å². The summed E-state index contributed by atoms with van der Waals surface area (Å²) in [4.78, 5) is 9.04. The van der Waals surface area contributed by atoms with Crippen LogP contribution in [0, 0.1) is 0 Å². The van der Waals surface area contributed by atoms with E-state index in [0.717, 1.165) is 52.9 Å². The third-order valence-electron chi connectivity index (χ3n) is 5.40. The molecule has 0 radical (unpaired) electrons. The molecule has 0 saturated carbocycles. The second kappa shape index (κ2) is 9.92. The quantitative estimate of drug-likeness (QED) is 0.301. The molecule has 0 atom stereocenters. The van der Waals surface area contributed by atoms with Gasteiger partial charge >= 0.3 is 0 Å². The average molecular weight is 421 g/mol. The second-order valence-electron chi connectivity index (χ2n) is 7.88. The van der Waals surface area contributed by atoms with Crippen molar-refractivity contribution in [2.75, 3.05) is 11.9 Å². The molecule has 32 heavy (non-hydrogen) atoms. The van der Waals surface area contributed by atoms with Crippen LogP contribution in [0.1, 0.15) is 18.9 Å². The van der Waals surface area contributed by atoms with Crippen LogP contribution in [0.5, 0.6) is 0 Å². The summed E-state index contributed by atoms with van der Waals surface area (Å²) >= 11 is 0. The molecule has 0 aliphatic rings. The summed E-state index contributed by atoms with van der Waals surface area (Å²) in [7, 11) is 0. The van der Waals surface area contributed by atoms with Gasteiger partial charge in [-0.2, -0.15) is 0 Å². The molecule has 160 valence electrons. The fourth-order valence-corrected chi connectivity index (χ4v) is 3.74. The van der Waals surface area contributed by atoms with E-state index in [-0.39, 0.29) is 0 Å². The minimum Gasteiger partial charge on any atom is -0.389 e. The molecule has 0 aliphatic carbocycles. The smallest absolute Gasteiger partial charge is 0.0761 e. The van der Waals surface area contributed by atoms with Crippen LogP contribution < -0.4 is 10.6 Å². The van der Waals surface area contributed by atoms with Crippen LogP contribution in [-0.2, 0) is 6.42 Å². The lowest BCUT2D eigenvalue weighted by Gasteiger charge is -2.10. The zero-order valence-electron chi connectivity index (χ0n) is 18.4. The first-order chi connectivity index (χ1) is 15.6. The van der Waals surface area contributed by atoms with E-state index in [1.54, 1.807) is 12.4 Å². The van der Waals surface area contributed by atoms with E-state index in [4.69, 9.17) is 4.98 Å². The van der Waals surface area contributed by atoms with Crippen molar-refractivity contribution in [3.05, 3.63) is 104 Å². The largest absolute Gasteiger partial charge is 0.389 e. The van der Waals surface area contributed by atoms with Gasteiger partial charge in [0, 0.05) is 35.6 Å². The standard InChI is InChI=1S/C28H28N4/c1-4-30-28-18-27(32-26-15-17-29-19-25(26)28)24-13-11-23(12-14-24)22-9-7-21(8-10-22)6-5-16-31-20(2)3/h4,7-15,17-19,31H,1-2,5-6,16H2,3H3,(H,30,32). The van der Waals surface area contributed by atoms with Crippen LogP contribution in [0.4, 0.5) is 5.69 Å². The van der Waals surface area contributed by atoms with Crippen molar-refractivity contribution >= 4 is 16.6 Å². The van der Waals surface area contributed by atoms with E-state index in [2.05, 4.69) is 77.3 Å². The third-order valence-corrected chi connectivity index (χ3v) is 5.40. The number of hydrogen-bond donors (Lipinski definition) is 2. The molecule has 4 heteroatoms. The molecular weight excluding hydrogens is 392 g/mol. The first-order valence-electron chi connectivity index (χ1n) is 10.9. The van der Waals surface area contributed by atoms with Gasteiger partial charge in [-0.05, 0) is 54.8 Å². The van der Waals surface area contributed by atoms with E-state index in [1.165, 1.54) is 16.7 Å². The van der Waals surface area contributed by atoms with Crippen molar-refractivity contribution in [2.24, 2.45) is 0 Å². The van der Waals surface area contributed by atoms with Gasteiger partial charge in [0.2, 0.25) is 0 Å². The number of aromatic nitrogens is 2. The van der Waals surface area contributed by atoms with Gasteiger partial charge in [0.1, 0.15) is 0 Å². The fraction of sp³-hybridized carbons (Fsp3) is 0.143. The summed E-state index contributed by atoms with van der Waals surface area (Å²) in [5.41, 5.74) is 8.62. The maximum atomic E-state index is 4.82. The van der Waals surface area contributed by atoms with E-state index >= 15 is 0 Å². The highest BCUT2D eigenvalue weighted by Gasteiger charge is 2.08. The van der Waals surface area contributed by atoms with Gasteiger partial charge in [0.05, 0.1) is 16.9 Å². The summed E-state index contributed by atoms with van der Waals surface area (Å²) in [5, 5.41) is 7.46. The zero-order valence-corrected chi connectivity index (χ0v) is 18.4. The van der Waals surface area contributed by atoms with Gasteiger partial charge in [0.15, 0.2) is 0 Å². The molecule has 2 aromatic carbocycles. The molecule has 4 aromatic rings. The Balaban J connectivity index is 1.51. The SMILES string of the molecule is C=CNc1cc(-c2ccc(-c3ccc(CCCNC(=C)C)cc3)cc2)nc2ccncc12. The number of nitrogens with zero attached hydrogens (tertiary/aromatic N) is 2. The minimum atomic E-state index is 0.903. The number of nitrogens with one attached hydrogen (secondary N) is 2. The van der Waals surface area contributed by atoms with E-state index < -0.39 is 0 Å². The van der Waals surface area contributed by atoms with Crippen LogP contribution in [0.3, 0.4) is 0 Å². The normalized spacial score (nSPS) is 10.7. The fourth-order valence-electron chi connectivity index (χ4n) is 3.74. The third kappa shape index (κ3) is 5.03. The highest BCUT2D eigenvalue weighted by atomic mass is 14.9. The number of hydrogen-bond acceptors (Lipinski definition) is 4. The Morgan fingerprint density at radius 3 is 2.34 bits per heavy atom. The van der Waals surface area contributed by atoms with Crippen molar-refractivity contribution in [3.63, 3.8) is 0 Å². The summed E-state index contributed by atoms with van der Waals surface area (Å²) in [5.74, 6) is 0. The molecule has 2 N–H and O–H groups in total. The number of fused-ring (bicyclic) bond motifs is 1. The maximum Gasteiger partial charge on any atom is 0.0761 e. The number of anilines is 1. The van der Waals surface area contributed by atoms with Crippen molar-refractivity contribution in [3.8, 4) is 22.4 Å². The molecule has 0 aliphatic heterocycles. The van der Waals surface area contributed by atoms with E-state index in [0.29, 0.717) is 0 Å². The van der Waals surface area contributed by atoms with Gasteiger partial charge in [-0.25, -0.2) is 4.98 Å². The number of pyridine rings is 2. The molecule has 2 aromatic heterocycles. The summed E-state index contributed by atoms with van der Waals surface area (Å²) in [6, 6.07) is 21.4. The Kier molecular flexibility index (Phi) is 6.61. The Bertz CT molecular complexity index is 1220. The number of aryl methyl sites for hydroxylation is 1. The number of benzene rings is 2. The van der Waals surface area contributed by atoms with Gasteiger partial charge in [0.25, 0.3) is 0 Å². The first-order valence-corrected chi connectivity index (χ1v) is 10.9. The molecule has 0 unspecified atom stereocenters. The van der Waals surface area contributed by atoms with Crippen LogP contribution in [-0.4, -0.2) is 16.5 Å². The lowest BCUT2D eigenvalue weighted by molar-refractivity contribution is 0.726. The molecule has 2 heterocycles. The second-order valence-corrected chi connectivity index (χ2v) is 7.88. The van der Waals surface area contributed by atoms with Gasteiger partial charge in [-0.1, -0.05) is 61.7 Å². The predicted octanol–water partition coefficient (Wildman–Crippen LogP) is 6.58. The Morgan fingerprint density at radius 1 is 0.969 bits per heavy atom. The van der Waals surface area contributed by atoms with Crippen LogP contribution in [0.15, 0.2) is 98.1 Å². The lowest BCUT2D eigenvalue weighted by Crippen LogP contribution is -2.12. The topological polar surface area (TPSA) is 49.8 Å². The molecule has 4 nitrogen and oxygen atoms in total. The van der Waals surface area contributed by atoms with Crippen molar-refractivity contribution in [1.82, 2.24) is 15.3 Å². The minimum absolute atomic E-state index is 0.903. The van der Waals surface area contributed by atoms with Crippen LogP contribution in [0.25, 0.3) is 33.3 Å². The average Bonchev–Trinajstić information content (AvgIpc) is 2.82. The summed E-state index contributed by atoms with van der Waals surface area (Å²) < 4.78 is 0. The summed E-state index contributed by atoms with van der Waals surface area (Å²) in [6.45, 7) is 10.6. The van der Waals surface area contributed by atoms with E-state index in [1.807, 2.05) is 25.3 Å². The lowest BCUT2D eigenvalue weighted by atomic mass is 10.00. The first kappa shape index (κ1) is 21.3. The van der Waals surface area contributed by atoms with Crippen molar-refractivity contribution in [1.29, 1.82) is 0 Å². The molecule has 0 saturated heterocycles. The van der Waals surface area contributed by atoms with Crippen LogP contribution in [0.2, 0.25) is 0 Å². The molecule has 4 rings (SSSR count). The Labute approximate surface area is 189 Å². The highest BCUT2D eigenvalue weighted by Crippen LogP contribution is 2.29. The highest BCUT2D eigenvalue weighted by molar-refractivity contribution is 5.93. The molecule has 0 amide bonds. The van der Waals surface area contributed by atoms with Gasteiger partial charge in [-0.3, -0.25) is 4.98 Å². The number of rotatable bonds is 9. The predicted molar refractivity (Wildman–Crippen MR) is 135 cm³/mol. The Morgan fingerprint density at radius 2 is 1.66 bits per heavy atom. The van der Waals surface area contributed by atoms with Crippen LogP contribution >= 0.6 is 0 Å².